The van der Waals surface area contributed by atoms with Crippen LogP contribution in [0.5, 0.6) is 0 Å². The molecule has 96 valence electrons. The van der Waals surface area contributed by atoms with Gasteiger partial charge in [0, 0.05) is 0 Å². The van der Waals surface area contributed by atoms with Crippen molar-refractivity contribution in [1.82, 2.24) is 15.0 Å². The van der Waals surface area contributed by atoms with Crippen LogP contribution >= 0.6 is 11.6 Å². The molecule has 1 atom stereocenters. The van der Waals surface area contributed by atoms with Gasteiger partial charge in [0.05, 0.1) is 11.6 Å². The normalized spacial score (nSPS) is 12.7. The topological polar surface area (TPSA) is 30.7 Å². The summed E-state index contributed by atoms with van der Waals surface area (Å²) in [4.78, 5) is 0. The van der Waals surface area contributed by atoms with Crippen LogP contribution in [-0.4, -0.2) is 15.0 Å². The van der Waals surface area contributed by atoms with Gasteiger partial charge in [-0.2, -0.15) is 0 Å². The van der Waals surface area contributed by atoms with Gasteiger partial charge in [-0.15, -0.1) is 16.7 Å². The lowest BCUT2D eigenvalue weighted by atomic mass is 10.2. The Morgan fingerprint density at radius 2 is 2.00 bits per heavy atom. The number of hydrogen-bond donors (Lipinski definition) is 0. The van der Waals surface area contributed by atoms with Crippen molar-refractivity contribution in [2.24, 2.45) is 0 Å². The highest BCUT2D eigenvalue weighted by molar-refractivity contribution is 6.20. The minimum atomic E-state index is -1.54. The Bertz CT molecular complexity index is 571. The number of hydrogen-bond acceptors (Lipinski definition) is 2. The van der Waals surface area contributed by atoms with Gasteiger partial charge >= 0.3 is 0 Å². The predicted molar refractivity (Wildman–Crippen MR) is 60.1 cm³/mol. The summed E-state index contributed by atoms with van der Waals surface area (Å²) in [6.07, 6.45) is 2.01. The lowest BCUT2D eigenvalue weighted by molar-refractivity contribution is 0.442. The van der Waals surface area contributed by atoms with E-state index >= 15 is 0 Å². The van der Waals surface area contributed by atoms with E-state index in [4.69, 9.17) is 11.6 Å². The summed E-state index contributed by atoms with van der Waals surface area (Å²) in [6, 6.07) is 1.91. The summed E-state index contributed by atoms with van der Waals surface area (Å²) >= 11 is 5.94. The molecule has 0 aliphatic rings. The molecule has 0 spiro atoms. The van der Waals surface area contributed by atoms with Crippen molar-refractivity contribution in [3.05, 3.63) is 41.5 Å². The molecule has 1 aromatic heterocycles. The van der Waals surface area contributed by atoms with Crippen LogP contribution in [0.15, 0.2) is 18.3 Å². The molecule has 2 aromatic rings. The Labute approximate surface area is 106 Å². The second kappa shape index (κ2) is 4.97. The van der Waals surface area contributed by atoms with E-state index in [1.165, 1.54) is 6.20 Å². The lowest BCUT2D eigenvalue weighted by Crippen LogP contribution is -2.02. The van der Waals surface area contributed by atoms with Crippen LogP contribution in [0.1, 0.15) is 24.4 Å². The first-order valence-corrected chi connectivity index (χ1v) is 5.68. The van der Waals surface area contributed by atoms with Crippen LogP contribution in [0.25, 0.3) is 5.69 Å². The Morgan fingerprint density at radius 1 is 1.28 bits per heavy atom. The quantitative estimate of drug-likeness (QED) is 0.635. The second-order valence-electron chi connectivity index (χ2n) is 3.66. The zero-order chi connectivity index (χ0) is 13.3. The van der Waals surface area contributed by atoms with E-state index in [0.29, 0.717) is 12.1 Å². The lowest BCUT2D eigenvalue weighted by Gasteiger charge is -2.03. The van der Waals surface area contributed by atoms with Crippen molar-refractivity contribution in [2.45, 2.75) is 18.7 Å². The van der Waals surface area contributed by atoms with Crippen LogP contribution in [0.4, 0.5) is 13.2 Å². The van der Waals surface area contributed by atoms with Crippen molar-refractivity contribution in [3.63, 3.8) is 0 Å². The summed E-state index contributed by atoms with van der Waals surface area (Å²) in [6.45, 7) is 1.86. The molecule has 0 bridgehead atoms. The molecule has 7 heteroatoms. The van der Waals surface area contributed by atoms with E-state index in [-0.39, 0.29) is 11.1 Å². The highest BCUT2D eigenvalue weighted by Gasteiger charge is 2.17. The van der Waals surface area contributed by atoms with E-state index in [1.807, 2.05) is 6.92 Å². The molecule has 0 saturated carbocycles. The first kappa shape index (κ1) is 12.9. The van der Waals surface area contributed by atoms with Crippen LogP contribution in [0.2, 0.25) is 0 Å². The average molecular weight is 276 g/mol. The number of benzene rings is 1. The molecule has 0 saturated heterocycles. The van der Waals surface area contributed by atoms with Gasteiger partial charge in [-0.25, -0.2) is 17.9 Å². The van der Waals surface area contributed by atoms with E-state index in [2.05, 4.69) is 10.3 Å². The second-order valence-corrected chi connectivity index (χ2v) is 4.19. The maximum Gasteiger partial charge on any atom is 0.196 e. The standard InChI is InChI=1S/C11H9ClF3N3/c1-2-6(12)8-5-18(17-16-8)9-4-3-7(13)10(14)11(9)15/h3-6H,2H2,1H3. The number of nitrogens with zero attached hydrogens (tertiary/aromatic N) is 3. The van der Waals surface area contributed by atoms with Gasteiger partial charge in [0.25, 0.3) is 0 Å². The van der Waals surface area contributed by atoms with Crippen molar-refractivity contribution in [3.8, 4) is 5.69 Å². The molecule has 3 nitrogen and oxygen atoms in total. The molecule has 1 aromatic carbocycles. The molecule has 18 heavy (non-hydrogen) atoms. The van der Waals surface area contributed by atoms with Gasteiger partial charge in [-0.3, -0.25) is 0 Å². The highest BCUT2D eigenvalue weighted by atomic mass is 35.5. The van der Waals surface area contributed by atoms with E-state index in [0.717, 1.165) is 16.8 Å². The van der Waals surface area contributed by atoms with Gasteiger partial charge in [-0.1, -0.05) is 12.1 Å². The number of aromatic nitrogens is 3. The highest BCUT2D eigenvalue weighted by Crippen LogP contribution is 2.23. The number of halogens is 4. The van der Waals surface area contributed by atoms with Crippen molar-refractivity contribution < 1.29 is 13.2 Å². The maximum atomic E-state index is 13.5. The fourth-order valence-electron chi connectivity index (χ4n) is 1.44. The molecular formula is C11H9ClF3N3. The molecule has 0 fully saturated rings. The van der Waals surface area contributed by atoms with Crippen LogP contribution < -0.4 is 0 Å². The molecule has 1 unspecified atom stereocenters. The van der Waals surface area contributed by atoms with Crippen LogP contribution in [0.3, 0.4) is 0 Å². The monoisotopic (exact) mass is 275 g/mol. The summed E-state index contributed by atoms with van der Waals surface area (Å²) in [5, 5.41) is 7.04. The molecule has 1 heterocycles. The van der Waals surface area contributed by atoms with Gasteiger partial charge in [-0.05, 0) is 18.6 Å². The third-order valence-electron chi connectivity index (χ3n) is 2.45. The zero-order valence-corrected chi connectivity index (χ0v) is 10.1. The Morgan fingerprint density at radius 3 is 2.67 bits per heavy atom. The van der Waals surface area contributed by atoms with Crippen LogP contribution in [-0.2, 0) is 0 Å². The molecular weight excluding hydrogens is 267 g/mol. The summed E-state index contributed by atoms with van der Waals surface area (Å²) in [5.74, 6) is -4.10. The molecule has 0 amide bonds. The molecule has 2 rings (SSSR count). The van der Waals surface area contributed by atoms with Crippen molar-refractivity contribution in [1.29, 1.82) is 0 Å². The summed E-state index contributed by atoms with van der Waals surface area (Å²) in [7, 11) is 0. The van der Waals surface area contributed by atoms with E-state index in [1.54, 1.807) is 0 Å². The number of rotatable bonds is 3. The Hall–Kier alpha value is -1.56. The maximum absolute atomic E-state index is 13.5. The van der Waals surface area contributed by atoms with E-state index in [9.17, 15) is 13.2 Å². The third kappa shape index (κ3) is 2.20. The van der Waals surface area contributed by atoms with Gasteiger partial charge in [0.2, 0.25) is 0 Å². The predicted octanol–water partition coefficient (Wildman–Crippen LogP) is 3.37. The summed E-state index contributed by atoms with van der Waals surface area (Å²) < 4.78 is 40.4. The fourth-order valence-corrected chi connectivity index (χ4v) is 1.54. The largest absolute Gasteiger partial charge is 0.217 e. The Balaban J connectivity index is 2.43. The van der Waals surface area contributed by atoms with E-state index < -0.39 is 17.5 Å². The van der Waals surface area contributed by atoms with Crippen molar-refractivity contribution in [2.75, 3.05) is 0 Å². The molecule has 0 aliphatic heterocycles. The smallest absolute Gasteiger partial charge is 0.196 e. The first-order chi connectivity index (χ1) is 8.54. The summed E-state index contributed by atoms with van der Waals surface area (Å²) in [5.41, 5.74) is 0.232. The fraction of sp³-hybridized carbons (Fsp3) is 0.273. The van der Waals surface area contributed by atoms with Gasteiger partial charge in [0.1, 0.15) is 11.4 Å². The average Bonchev–Trinajstić information content (AvgIpc) is 2.84. The van der Waals surface area contributed by atoms with Gasteiger partial charge < -0.3 is 0 Å². The SMILES string of the molecule is CCC(Cl)c1cn(-c2ccc(F)c(F)c2F)nn1. The Kier molecular flexibility index (Phi) is 3.56. The van der Waals surface area contributed by atoms with Crippen LogP contribution in [0, 0.1) is 17.5 Å². The minimum Gasteiger partial charge on any atom is -0.217 e. The molecule has 0 N–H and O–H groups in total. The number of alkyl halides is 1. The first-order valence-electron chi connectivity index (χ1n) is 5.24. The molecule has 0 aliphatic carbocycles. The van der Waals surface area contributed by atoms with Gasteiger partial charge in [0.15, 0.2) is 17.5 Å². The third-order valence-corrected chi connectivity index (χ3v) is 2.98. The minimum absolute atomic E-state index is 0.215. The molecule has 0 radical (unpaired) electrons. The zero-order valence-electron chi connectivity index (χ0n) is 9.37. The van der Waals surface area contributed by atoms with Crippen molar-refractivity contribution >= 4 is 11.6 Å².